The first-order valence-electron chi connectivity index (χ1n) is 6.46. The van der Waals surface area contributed by atoms with E-state index in [-0.39, 0.29) is 11.9 Å². The van der Waals surface area contributed by atoms with Gasteiger partial charge in [-0.3, -0.25) is 4.79 Å². The molecule has 1 rings (SSSR count). The summed E-state index contributed by atoms with van der Waals surface area (Å²) in [7, 11) is 0. The third-order valence-corrected chi connectivity index (χ3v) is 5.29. The average molecular weight is 260 g/mol. The van der Waals surface area contributed by atoms with E-state index in [4.69, 9.17) is 9.84 Å². The Hall–Kier alpha value is -0.220. The second-order valence-electron chi connectivity index (χ2n) is 5.04. The Balaban J connectivity index is 2.50. The molecule has 0 aromatic carbocycles. The summed E-state index contributed by atoms with van der Waals surface area (Å²) in [5.41, 5.74) is 0.158. The van der Waals surface area contributed by atoms with Gasteiger partial charge in [-0.15, -0.1) is 11.8 Å². The molecule has 0 radical (unpaired) electrons. The van der Waals surface area contributed by atoms with Crippen molar-refractivity contribution >= 4 is 17.7 Å². The van der Waals surface area contributed by atoms with Gasteiger partial charge in [-0.1, -0.05) is 27.7 Å². The van der Waals surface area contributed by atoms with Crippen LogP contribution in [0.15, 0.2) is 0 Å². The highest BCUT2D eigenvalue weighted by molar-refractivity contribution is 7.99. The smallest absolute Gasteiger partial charge is 0.304 e. The second kappa shape index (κ2) is 6.64. The number of carbonyl (C=O) groups is 1. The van der Waals surface area contributed by atoms with Crippen LogP contribution in [0.1, 0.15) is 40.5 Å². The van der Waals surface area contributed by atoms with Crippen molar-refractivity contribution in [3.8, 4) is 0 Å². The van der Waals surface area contributed by atoms with E-state index in [9.17, 15) is 4.79 Å². The van der Waals surface area contributed by atoms with Crippen LogP contribution in [-0.4, -0.2) is 28.4 Å². The normalized spacial score (nSPS) is 38.0. The maximum absolute atomic E-state index is 10.5. The first-order valence-corrected chi connectivity index (χ1v) is 7.51. The molecule has 0 amide bonds. The molecule has 0 bridgehead atoms. The molecule has 2 unspecified atom stereocenters. The Morgan fingerprint density at radius 1 is 1.24 bits per heavy atom. The number of hydrogen-bond donors (Lipinski definition) is 1. The van der Waals surface area contributed by atoms with Crippen LogP contribution in [0.2, 0.25) is 0 Å². The number of carboxylic acids is 1. The minimum Gasteiger partial charge on any atom is -0.481 e. The van der Waals surface area contributed by atoms with Crippen LogP contribution in [0.3, 0.4) is 0 Å². The molecule has 0 aromatic heterocycles. The van der Waals surface area contributed by atoms with Crippen LogP contribution in [-0.2, 0) is 9.53 Å². The molecule has 1 aliphatic rings. The predicted molar refractivity (Wildman–Crippen MR) is 71.2 cm³/mol. The van der Waals surface area contributed by atoms with Crippen molar-refractivity contribution in [2.24, 2.45) is 17.8 Å². The summed E-state index contributed by atoms with van der Waals surface area (Å²) < 4.78 is 6.08. The zero-order valence-electron chi connectivity index (χ0n) is 11.2. The molecular weight excluding hydrogens is 236 g/mol. The molecule has 1 N–H and O–H groups in total. The van der Waals surface area contributed by atoms with Crippen molar-refractivity contribution in [1.29, 1.82) is 0 Å². The number of hydrogen-bond acceptors (Lipinski definition) is 3. The van der Waals surface area contributed by atoms with E-state index in [1.807, 2.05) is 0 Å². The van der Waals surface area contributed by atoms with Crippen molar-refractivity contribution in [3.05, 3.63) is 0 Å². The topological polar surface area (TPSA) is 46.5 Å². The second-order valence-corrected chi connectivity index (χ2v) is 6.25. The SMILES string of the molecule is CCC1O[C@@H](SCCC(=O)O)[C@@H](C)C(C)[C@@H]1C. The zero-order chi connectivity index (χ0) is 13.0. The lowest BCUT2D eigenvalue weighted by molar-refractivity contribution is -0.136. The lowest BCUT2D eigenvalue weighted by atomic mass is 9.79. The maximum Gasteiger partial charge on any atom is 0.304 e. The van der Waals surface area contributed by atoms with Gasteiger partial charge in [0.05, 0.1) is 12.5 Å². The fraction of sp³-hybridized carbons (Fsp3) is 0.923. The van der Waals surface area contributed by atoms with E-state index in [0.717, 1.165) is 6.42 Å². The summed E-state index contributed by atoms with van der Waals surface area (Å²) in [6.45, 7) is 8.91. The first-order chi connectivity index (χ1) is 7.97. The zero-order valence-corrected chi connectivity index (χ0v) is 12.0. The van der Waals surface area contributed by atoms with E-state index in [0.29, 0.717) is 29.6 Å². The van der Waals surface area contributed by atoms with E-state index in [1.54, 1.807) is 11.8 Å². The van der Waals surface area contributed by atoms with E-state index >= 15 is 0 Å². The molecule has 0 aliphatic carbocycles. The monoisotopic (exact) mass is 260 g/mol. The fourth-order valence-electron chi connectivity index (χ4n) is 2.41. The van der Waals surface area contributed by atoms with Gasteiger partial charge in [0.2, 0.25) is 0 Å². The van der Waals surface area contributed by atoms with Crippen molar-refractivity contribution < 1.29 is 14.6 Å². The van der Waals surface area contributed by atoms with Crippen molar-refractivity contribution in [3.63, 3.8) is 0 Å². The van der Waals surface area contributed by atoms with Gasteiger partial charge >= 0.3 is 5.97 Å². The van der Waals surface area contributed by atoms with Gasteiger partial charge in [-0.05, 0) is 24.2 Å². The summed E-state index contributed by atoms with van der Waals surface area (Å²) in [6, 6.07) is 0. The molecular formula is C13H24O3S. The molecule has 4 heteroatoms. The Morgan fingerprint density at radius 2 is 1.88 bits per heavy atom. The van der Waals surface area contributed by atoms with Gasteiger partial charge in [0.1, 0.15) is 5.44 Å². The van der Waals surface area contributed by atoms with E-state index < -0.39 is 5.97 Å². The average Bonchev–Trinajstić information content (AvgIpc) is 2.29. The minimum atomic E-state index is -0.727. The van der Waals surface area contributed by atoms with Crippen LogP contribution in [0, 0.1) is 17.8 Å². The maximum atomic E-state index is 10.5. The molecule has 0 aromatic rings. The Morgan fingerprint density at radius 3 is 2.41 bits per heavy atom. The number of thioether (sulfide) groups is 1. The van der Waals surface area contributed by atoms with Gasteiger partial charge in [-0.2, -0.15) is 0 Å². The molecule has 1 saturated heterocycles. The Labute approximate surface area is 108 Å². The Kier molecular flexibility index (Phi) is 5.80. The van der Waals surface area contributed by atoms with Gasteiger partial charge in [-0.25, -0.2) is 0 Å². The number of aliphatic carboxylic acids is 1. The summed E-state index contributed by atoms with van der Waals surface area (Å²) >= 11 is 1.66. The third-order valence-electron chi connectivity index (χ3n) is 3.98. The number of carboxylic acid groups (broad SMARTS) is 1. The predicted octanol–water partition coefficient (Wildman–Crippen LogP) is 3.24. The summed E-state index contributed by atoms with van der Waals surface area (Å²) in [5, 5.41) is 8.65. The first kappa shape index (κ1) is 14.8. The van der Waals surface area contributed by atoms with Crippen LogP contribution < -0.4 is 0 Å². The van der Waals surface area contributed by atoms with E-state index in [1.165, 1.54) is 0 Å². The standard InChI is InChI=1S/C13H24O3S/c1-5-11-9(3)8(2)10(4)13(16-11)17-7-6-12(14)15/h8-11,13H,5-7H2,1-4H3,(H,14,15)/t8?,9-,10-,11?,13-/m0/s1. The van der Waals surface area contributed by atoms with Gasteiger partial charge in [0.15, 0.2) is 0 Å². The quantitative estimate of drug-likeness (QED) is 0.824. The minimum absolute atomic E-state index is 0.158. The molecule has 1 fully saturated rings. The van der Waals surface area contributed by atoms with Crippen LogP contribution in [0.4, 0.5) is 0 Å². The molecule has 1 heterocycles. The van der Waals surface area contributed by atoms with Gasteiger partial charge in [0, 0.05) is 5.75 Å². The molecule has 0 spiro atoms. The highest BCUT2D eigenvalue weighted by Crippen LogP contribution is 2.40. The number of ether oxygens (including phenoxy) is 1. The summed E-state index contributed by atoms with van der Waals surface area (Å²) in [6.07, 6.45) is 1.58. The van der Waals surface area contributed by atoms with Crippen LogP contribution in [0.25, 0.3) is 0 Å². The van der Waals surface area contributed by atoms with Crippen LogP contribution >= 0.6 is 11.8 Å². The largest absolute Gasteiger partial charge is 0.481 e. The molecule has 100 valence electrons. The fourth-order valence-corrected chi connectivity index (χ4v) is 3.70. The molecule has 5 atom stereocenters. The number of rotatable bonds is 5. The lowest BCUT2D eigenvalue weighted by Gasteiger charge is -2.43. The van der Waals surface area contributed by atoms with Crippen molar-refractivity contribution in [2.75, 3.05) is 5.75 Å². The van der Waals surface area contributed by atoms with Crippen molar-refractivity contribution in [2.45, 2.75) is 52.1 Å². The van der Waals surface area contributed by atoms with Crippen LogP contribution in [0.5, 0.6) is 0 Å². The van der Waals surface area contributed by atoms with E-state index in [2.05, 4.69) is 27.7 Å². The molecule has 3 nitrogen and oxygen atoms in total. The highest BCUT2D eigenvalue weighted by Gasteiger charge is 2.38. The molecule has 17 heavy (non-hydrogen) atoms. The Bertz CT molecular complexity index is 255. The molecule has 1 aliphatic heterocycles. The van der Waals surface area contributed by atoms with Crippen molar-refractivity contribution in [1.82, 2.24) is 0 Å². The molecule has 0 saturated carbocycles. The summed E-state index contributed by atoms with van der Waals surface area (Å²) in [5.74, 6) is 1.63. The highest BCUT2D eigenvalue weighted by atomic mass is 32.2. The lowest BCUT2D eigenvalue weighted by Crippen LogP contribution is -2.43. The van der Waals surface area contributed by atoms with Gasteiger partial charge < -0.3 is 9.84 Å². The van der Waals surface area contributed by atoms with Gasteiger partial charge in [0.25, 0.3) is 0 Å². The third kappa shape index (κ3) is 3.88. The summed E-state index contributed by atoms with van der Waals surface area (Å²) in [4.78, 5) is 10.5.